The lowest BCUT2D eigenvalue weighted by atomic mass is 10.0. The summed E-state index contributed by atoms with van der Waals surface area (Å²) in [4.78, 5) is 14.3. The molecule has 0 aliphatic rings. The average molecular weight is 346 g/mol. The Kier molecular flexibility index (Phi) is 4.94. The molecule has 0 bridgehead atoms. The summed E-state index contributed by atoms with van der Waals surface area (Å²) in [5.74, 6) is 0. The molecule has 1 unspecified atom stereocenters. The lowest BCUT2D eigenvalue weighted by Gasteiger charge is -2.24. The fourth-order valence-corrected chi connectivity index (χ4v) is 2.55. The van der Waals surface area contributed by atoms with Crippen molar-refractivity contribution in [2.45, 2.75) is 6.04 Å². The Labute approximate surface area is 132 Å². The molecule has 0 spiro atoms. The van der Waals surface area contributed by atoms with Crippen molar-refractivity contribution >= 4 is 15.9 Å². The van der Waals surface area contributed by atoms with E-state index in [0.717, 1.165) is 10.0 Å². The van der Waals surface area contributed by atoms with E-state index in [1.165, 1.54) is 0 Å². The van der Waals surface area contributed by atoms with Crippen molar-refractivity contribution in [1.29, 1.82) is 5.26 Å². The molecule has 0 saturated carbocycles. The number of aromatic nitrogens is 1. The van der Waals surface area contributed by atoms with Gasteiger partial charge < -0.3 is 9.47 Å². The van der Waals surface area contributed by atoms with Crippen LogP contribution in [0, 0.1) is 11.3 Å². The first-order valence-corrected chi connectivity index (χ1v) is 7.33. The number of hydrogen-bond donors (Lipinski definition) is 0. The van der Waals surface area contributed by atoms with Crippen LogP contribution in [0.5, 0.6) is 0 Å². The first-order chi connectivity index (χ1) is 10.0. The summed E-state index contributed by atoms with van der Waals surface area (Å²) in [6, 6.07) is 12.8. The van der Waals surface area contributed by atoms with Crippen LogP contribution in [0.4, 0.5) is 0 Å². The van der Waals surface area contributed by atoms with Gasteiger partial charge in [-0.05, 0) is 37.9 Å². The first-order valence-electron chi connectivity index (χ1n) is 6.54. The van der Waals surface area contributed by atoms with Gasteiger partial charge in [0.05, 0.1) is 17.7 Å². The molecule has 1 aromatic carbocycles. The molecule has 0 N–H and O–H groups in total. The second kappa shape index (κ2) is 6.70. The number of hydrogen-bond acceptors (Lipinski definition) is 3. The van der Waals surface area contributed by atoms with E-state index in [9.17, 15) is 4.79 Å². The molecule has 4 nitrogen and oxygen atoms in total. The maximum atomic E-state index is 12.2. The highest BCUT2D eigenvalue weighted by molar-refractivity contribution is 9.10. The zero-order chi connectivity index (χ0) is 15.4. The molecule has 1 heterocycles. The number of nitriles is 1. The molecule has 0 aliphatic carbocycles. The van der Waals surface area contributed by atoms with Gasteiger partial charge >= 0.3 is 0 Å². The summed E-state index contributed by atoms with van der Waals surface area (Å²) >= 11 is 3.31. The predicted octanol–water partition coefficient (Wildman–Crippen LogP) is 2.63. The molecular formula is C16H16BrN3O. The molecule has 108 valence electrons. The van der Waals surface area contributed by atoms with Crippen LogP contribution in [-0.2, 0) is 0 Å². The molecule has 0 amide bonds. The van der Waals surface area contributed by atoms with E-state index in [-0.39, 0.29) is 11.6 Å². The Balaban J connectivity index is 2.52. The summed E-state index contributed by atoms with van der Waals surface area (Å²) in [6.07, 6.45) is 1.78. The maximum Gasteiger partial charge on any atom is 0.252 e. The summed E-state index contributed by atoms with van der Waals surface area (Å²) in [6.45, 7) is 0.677. The minimum atomic E-state index is -0.131. The van der Waals surface area contributed by atoms with Gasteiger partial charge in [-0.15, -0.1) is 0 Å². The van der Waals surface area contributed by atoms with E-state index in [1.807, 2.05) is 43.3 Å². The SMILES string of the molecule is CN(C)CC(c1cccc(C#N)c1)n1ccc(Br)cc1=O. The van der Waals surface area contributed by atoms with Gasteiger partial charge in [-0.3, -0.25) is 4.79 Å². The molecular weight excluding hydrogens is 330 g/mol. The van der Waals surface area contributed by atoms with Crippen LogP contribution in [0.25, 0.3) is 0 Å². The molecule has 0 radical (unpaired) electrons. The number of nitrogens with zero attached hydrogens (tertiary/aromatic N) is 3. The number of likely N-dealkylation sites (N-methyl/N-ethyl adjacent to an activating group) is 1. The van der Waals surface area contributed by atoms with E-state index >= 15 is 0 Å². The van der Waals surface area contributed by atoms with Crippen molar-refractivity contribution in [2.24, 2.45) is 0 Å². The average Bonchev–Trinajstić information content (AvgIpc) is 2.45. The zero-order valence-corrected chi connectivity index (χ0v) is 13.5. The molecule has 1 atom stereocenters. The van der Waals surface area contributed by atoms with Crippen LogP contribution in [0.3, 0.4) is 0 Å². The van der Waals surface area contributed by atoms with E-state index in [0.29, 0.717) is 12.1 Å². The van der Waals surface area contributed by atoms with Crippen molar-refractivity contribution in [2.75, 3.05) is 20.6 Å². The van der Waals surface area contributed by atoms with E-state index in [2.05, 4.69) is 22.0 Å². The maximum absolute atomic E-state index is 12.2. The molecule has 21 heavy (non-hydrogen) atoms. The van der Waals surface area contributed by atoms with Gasteiger partial charge in [0.2, 0.25) is 0 Å². The Morgan fingerprint density at radius 1 is 1.33 bits per heavy atom. The first kappa shape index (κ1) is 15.5. The number of rotatable bonds is 4. The minimum Gasteiger partial charge on any atom is -0.307 e. The summed E-state index contributed by atoms with van der Waals surface area (Å²) in [7, 11) is 3.93. The highest BCUT2D eigenvalue weighted by Gasteiger charge is 2.16. The molecule has 0 aliphatic heterocycles. The van der Waals surface area contributed by atoms with Crippen LogP contribution in [0.2, 0.25) is 0 Å². The van der Waals surface area contributed by atoms with Crippen LogP contribution >= 0.6 is 15.9 Å². The third kappa shape index (κ3) is 3.81. The molecule has 1 aromatic heterocycles. The molecule has 0 saturated heterocycles. The van der Waals surface area contributed by atoms with E-state index < -0.39 is 0 Å². The van der Waals surface area contributed by atoms with Gasteiger partial charge in [-0.25, -0.2) is 0 Å². The second-order valence-electron chi connectivity index (χ2n) is 5.11. The van der Waals surface area contributed by atoms with Crippen molar-refractivity contribution in [3.63, 3.8) is 0 Å². The van der Waals surface area contributed by atoms with Crippen molar-refractivity contribution in [3.8, 4) is 6.07 Å². The predicted molar refractivity (Wildman–Crippen MR) is 86.3 cm³/mol. The van der Waals surface area contributed by atoms with Crippen molar-refractivity contribution < 1.29 is 0 Å². The third-order valence-corrected chi connectivity index (χ3v) is 3.68. The van der Waals surface area contributed by atoms with E-state index in [1.54, 1.807) is 22.9 Å². The third-order valence-electron chi connectivity index (χ3n) is 3.18. The minimum absolute atomic E-state index is 0.0708. The van der Waals surface area contributed by atoms with Gasteiger partial charge in [0.25, 0.3) is 5.56 Å². The fraction of sp³-hybridized carbons (Fsp3) is 0.250. The molecule has 2 rings (SSSR count). The largest absolute Gasteiger partial charge is 0.307 e. The van der Waals surface area contributed by atoms with Gasteiger partial charge in [0, 0.05) is 23.3 Å². The van der Waals surface area contributed by atoms with Crippen molar-refractivity contribution in [1.82, 2.24) is 9.47 Å². The zero-order valence-electron chi connectivity index (χ0n) is 12.0. The number of benzene rings is 1. The number of halogens is 1. The highest BCUT2D eigenvalue weighted by Crippen LogP contribution is 2.19. The normalized spacial score (nSPS) is 12.1. The monoisotopic (exact) mass is 345 g/mol. The van der Waals surface area contributed by atoms with E-state index in [4.69, 9.17) is 5.26 Å². The Morgan fingerprint density at radius 3 is 2.71 bits per heavy atom. The summed E-state index contributed by atoms with van der Waals surface area (Å²) in [5, 5.41) is 9.05. The van der Waals surface area contributed by atoms with Crippen LogP contribution in [0.1, 0.15) is 17.2 Å². The fourth-order valence-electron chi connectivity index (χ4n) is 2.24. The molecule has 2 aromatic rings. The van der Waals surface area contributed by atoms with Crippen LogP contribution < -0.4 is 5.56 Å². The van der Waals surface area contributed by atoms with Gasteiger partial charge in [0.1, 0.15) is 0 Å². The second-order valence-corrected chi connectivity index (χ2v) is 6.02. The quantitative estimate of drug-likeness (QED) is 0.855. The number of pyridine rings is 1. The van der Waals surface area contributed by atoms with Crippen LogP contribution in [-0.4, -0.2) is 30.1 Å². The topological polar surface area (TPSA) is 49.0 Å². The van der Waals surface area contributed by atoms with Crippen LogP contribution in [0.15, 0.2) is 51.9 Å². The Bertz CT molecular complexity index is 731. The Morgan fingerprint density at radius 2 is 2.10 bits per heavy atom. The lowest BCUT2D eigenvalue weighted by molar-refractivity contribution is 0.346. The summed E-state index contributed by atoms with van der Waals surface area (Å²) in [5.41, 5.74) is 1.48. The van der Waals surface area contributed by atoms with Crippen molar-refractivity contribution in [3.05, 3.63) is 68.5 Å². The molecule has 0 fully saturated rings. The molecule has 5 heteroatoms. The highest BCUT2D eigenvalue weighted by atomic mass is 79.9. The van der Waals surface area contributed by atoms with Gasteiger partial charge in [0.15, 0.2) is 0 Å². The van der Waals surface area contributed by atoms with Gasteiger partial charge in [-0.2, -0.15) is 5.26 Å². The Hall–Kier alpha value is -1.90. The summed E-state index contributed by atoms with van der Waals surface area (Å²) < 4.78 is 2.46. The standard InChI is InChI=1S/C16H16BrN3O/c1-19(2)11-15(13-5-3-4-12(8-13)10-18)20-7-6-14(17)9-16(20)21/h3-9,15H,11H2,1-2H3. The lowest BCUT2D eigenvalue weighted by Crippen LogP contribution is -2.32. The van der Waals surface area contributed by atoms with Gasteiger partial charge in [-0.1, -0.05) is 28.1 Å². The smallest absolute Gasteiger partial charge is 0.252 e.